The van der Waals surface area contributed by atoms with E-state index in [4.69, 9.17) is 4.98 Å². The number of hydrogen-bond donors (Lipinski definition) is 2. The zero-order chi connectivity index (χ0) is 22.2. The molecule has 1 atom stereocenters. The highest BCUT2D eigenvalue weighted by Crippen LogP contribution is 2.41. The van der Waals surface area contributed by atoms with Gasteiger partial charge < -0.3 is 15.5 Å². The first-order valence-corrected chi connectivity index (χ1v) is 10.8. The molecule has 2 N–H and O–H groups in total. The van der Waals surface area contributed by atoms with Crippen LogP contribution in [0, 0.1) is 0 Å². The van der Waals surface area contributed by atoms with Gasteiger partial charge in [0.05, 0.1) is 6.20 Å². The second kappa shape index (κ2) is 8.09. The molecule has 3 heterocycles. The molecule has 0 saturated carbocycles. The highest BCUT2D eigenvalue weighted by molar-refractivity contribution is 6.01. The Bertz CT molecular complexity index is 1310. The monoisotopic (exact) mass is 426 g/mol. The molecule has 0 aliphatic carbocycles. The second-order valence-electron chi connectivity index (χ2n) is 8.09. The summed E-state index contributed by atoms with van der Waals surface area (Å²) in [5, 5.41) is 12.5. The van der Waals surface area contributed by atoms with E-state index in [-0.39, 0.29) is 11.9 Å². The Hall–Kier alpha value is -3.71. The zero-order valence-corrected chi connectivity index (χ0v) is 18.5. The van der Waals surface area contributed by atoms with Crippen LogP contribution in [0.25, 0.3) is 21.9 Å². The molecule has 5 rings (SSSR count). The number of carbonyl (C=O) groups is 1. The minimum Gasteiger partial charge on any atom is -0.354 e. The Kier molecular flexibility index (Phi) is 5.11. The van der Waals surface area contributed by atoms with E-state index < -0.39 is 0 Å². The number of carbonyl (C=O) groups excluding carboxylic acids is 1. The van der Waals surface area contributed by atoms with Crippen molar-refractivity contribution in [1.82, 2.24) is 25.4 Å². The fraction of sp³-hybridized carbons (Fsp3) is 0.240. The molecule has 7 nitrogen and oxygen atoms in total. The quantitative estimate of drug-likeness (QED) is 0.519. The lowest BCUT2D eigenvalue weighted by Crippen LogP contribution is -2.33. The molecular weight excluding hydrogens is 400 g/mol. The summed E-state index contributed by atoms with van der Waals surface area (Å²) in [5.74, 6) is 0.626. The number of pyridine rings is 1. The van der Waals surface area contributed by atoms with Gasteiger partial charge in [-0.3, -0.25) is 9.48 Å². The Morgan fingerprint density at radius 2 is 1.94 bits per heavy atom. The van der Waals surface area contributed by atoms with Crippen LogP contribution in [-0.2, 0) is 7.05 Å². The van der Waals surface area contributed by atoms with Gasteiger partial charge in [0.1, 0.15) is 11.5 Å². The predicted octanol–water partition coefficient (Wildman–Crippen LogP) is 3.80. The SMILES string of the molecule is CNC(=O)c1cc2ccccc2c(N2CCC(NC)c3cc(-c4cnn(C)c4)ccc32)n1. The third kappa shape index (κ3) is 3.40. The minimum atomic E-state index is -0.186. The first-order valence-electron chi connectivity index (χ1n) is 10.8. The van der Waals surface area contributed by atoms with Crippen LogP contribution in [0.2, 0.25) is 0 Å². The molecule has 32 heavy (non-hydrogen) atoms. The lowest BCUT2D eigenvalue weighted by molar-refractivity contribution is 0.0958. The number of amides is 1. The maximum atomic E-state index is 12.4. The van der Waals surface area contributed by atoms with E-state index in [0.29, 0.717) is 5.69 Å². The molecule has 0 radical (unpaired) electrons. The van der Waals surface area contributed by atoms with Crippen LogP contribution in [0.15, 0.2) is 60.9 Å². The Morgan fingerprint density at radius 1 is 1.09 bits per heavy atom. The van der Waals surface area contributed by atoms with Gasteiger partial charge >= 0.3 is 0 Å². The topological polar surface area (TPSA) is 75.1 Å². The lowest BCUT2D eigenvalue weighted by Gasteiger charge is -2.36. The lowest BCUT2D eigenvalue weighted by atomic mass is 9.93. The third-order valence-electron chi connectivity index (χ3n) is 6.16. The molecule has 1 unspecified atom stereocenters. The van der Waals surface area contributed by atoms with E-state index in [9.17, 15) is 4.79 Å². The number of nitrogens with zero attached hydrogens (tertiary/aromatic N) is 4. The summed E-state index contributed by atoms with van der Waals surface area (Å²) >= 11 is 0. The number of anilines is 2. The zero-order valence-electron chi connectivity index (χ0n) is 18.5. The molecule has 2 aromatic carbocycles. The van der Waals surface area contributed by atoms with Crippen LogP contribution in [0.3, 0.4) is 0 Å². The van der Waals surface area contributed by atoms with Gasteiger partial charge in [0.15, 0.2) is 0 Å². The molecule has 0 spiro atoms. The summed E-state index contributed by atoms with van der Waals surface area (Å²) in [6.45, 7) is 0.805. The first-order chi connectivity index (χ1) is 15.6. The Balaban J connectivity index is 1.68. The van der Waals surface area contributed by atoms with Gasteiger partial charge in [-0.1, -0.05) is 30.3 Å². The van der Waals surface area contributed by atoms with Crippen molar-refractivity contribution in [2.45, 2.75) is 12.5 Å². The second-order valence-corrected chi connectivity index (χ2v) is 8.09. The molecule has 7 heteroatoms. The fourth-order valence-electron chi connectivity index (χ4n) is 4.51. The summed E-state index contributed by atoms with van der Waals surface area (Å²) in [4.78, 5) is 19.5. The molecule has 0 fully saturated rings. The number of aryl methyl sites for hydroxylation is 1. The van der Waals surface area contributed by atoms with Crippen LogP contribution in [0.4, 0.5) is 11.5 Å². The average Bonchev–Trinajstić information content (AvgIpc) is 3.28. The number of aromatic nitrogens is 3. The molecule has 2 aromatic heterocycles. The van der Waals surface area contributed by atoms with E-state index in [1.807, 2.05) is 55.4 Å². The van der Waals surface area contributed by atoms with Crippen molar-refractivity contribution in [3.8, 4) is 11.1 Å². The van der Waals surface area contributed by atoms with Gasteiger partial charge in [0.2, 0.25) is 0 Å². The van der Waals surface area contributed by atoms with Gasteiger partial charge in [0.25, 0.3) is 5.91 Å². The van der Waals surface area contributed by atoms with Crippen molar-refractivity contribution >= 4 is 28.2 Å². The Morgan fingerprint density at radius 3 is 2.69 bits per heavy atom. The number of nitrogens with one attached hydrogen (secondary N) is 2. The van der Waals surface area contributed by atoms with E-state index in [1.54, 1.807) is 7.05 Å². The van der Waals surface area contributed by atoms with Crippen molar-refractivity contribution in [2.75, 3.05) is 25.5 Å². The van der Waals surface area contributed by atoms with Crippen LogP contribution in [0.5, 0.6) is 0 Å². The predicted molar refractivity (Wildman–Crippen MR) is 127 cm³/mol. The molecular formula is C25H26N6O. The van der Waals surface area contributed by atoms with Crippen molar-refractivity contribution in [3.05, 3.63) is 72.2 Å². The number of fused-ring (bicyclic) bond motifs is 2. The maximum Gasteiger partial charge on any atom is 0.269 e. The largest absolute Gasteiger partial charge is 0.354 e. The third-order valence-corrected chi connectivity index (χ3v) is 6.16. The summed E-state index contributed by atoms with van der Waals surface area (Å²) in [6, 6.07) is 16.7. The average molecular weight is 427 g/mol. The van der Waals surface area contributed by atoms with Crippen molar-refractivity contribution in [1.29, 1.82) is 0 Å². The molecule has 4 aromatic rings. The minimum absolute atomic E-state index is 0.186. The van der Waals surface area contributed by atoms with E-state index in [1.165, 1.54) is 5.56 Å². The highest BCUT2D eigenvalue weighted by atomic mass is 16.1. The summed E-state index contributed by atoms with van der Waals surface area (Å²) < 4.78 is 1.82. The van der Waals surface area contributed by atoms with Crippen LogP contribution in [-0.4, -0.2) is 41.3 Å². The van der Waals surface area contributed by atoms with Gasteiger partial charge in [-0.25, -0.2) is 4.98 Å². The van der Waals surface area contributed by atoms with Crippen molar-refractivity contribution in [2.24, 2.45) is 7.05 Å². The molecule has 0 bridgehead atoms. The van der Waals surface area contributed by atoms with Crippen molar-refractivity contribution < 1.29 is 4.79 Å². The van der Waals surface area contributed by atoms with Gasteiger partial charge in [0, 0.05) is 49.5 Å². The van der Waals surface area contributed by atoms with Gasteiger partial charge in [-0.15, -0.1) is 0 Å². The van der Waals surface area contributed by atoms with E-state index in [2.05, 4.69) is 44.9 Å². The Labute approximate surface area is 187 Å². The fourth-order valence-corrected chi connectivity index (χ4v) is 4.51. The first kappa shape index (κ1) is 20.2. The molecule has 1 amide bonds. The molecule has 162 valence electrons. The van der Waals surface area contributed by atoms with Gasteiger partial charge in [-0.2, -0.15) is 5.10 Å². The highest BCUT2D eigenvalue weighted by Gasteiger charge is 2.28. The summed E-state index contributed by atoms with van der Waals surface area (Å²) in [5.41, 5.74) is 4.97. The number of hydrogen-bond acceptors (Lipinski definition) is 5. The van der Waals surface area contributed by atoms with E-state index in [0.717, 1.165) is 46.4 Å². The number of rotatable bonds is 4. The van der Waals surface area contributed by atoms with Crippen molar-refractivity contribution in [3.63, 3.8) is 0 Å². The molecule has 0 saturated heterocycles. The summed E-state index contributed by atoms with van der Waals surface area (Å²) in [7, 11) is 5.56. The normalized spacial score (nSPS) is 15.6. The number of benzene rings is 2. The van der Waals surface area contributed by atoms with Gasteiger partial charge in [-0.05, 0) is 48.2 Å². The smallest absolute Gasteiger partial charge is 0.269 e. The molecule has 1 aliphatic heterocycles. The van der Waals surface area contributed by atoms with E-state index >= 15 is 0 Å². The summed E-state index contributed by atoms with van der Waals surface area (Å²) in [6.07, 6.45) is 4.84. The van der Waals surface area contributed by atoms with Crippen LogP contribution >= 0.6 is 0 Å². The maximum absolute atomic E-state index is 12.4. The standard InChI is InChI=1S/C25H26N6O/c1-26-21-10-11-31(23-9-8-16(12-20(21)23)18-14-28-30(3)15-18)24-19-7-5-4-6-17(19)13-22(29-24)25(32)27-2/h4-9,12-15,21,26H,10-11H2,1-3H3,(H,27,32). The molecule has 1 aliphatic rings. The van der Waals surface area contributed by atoms with Crippen LogP contribution < -0.4 is 15.5 Å². The van der Waals surface area contributed by atoms with Crippen LogP contribution in [0.1, 0.15) is 28.5 Å².